The quantitative estimate of drug-likeness (QED) is 0.584. The molecule has 6 rings (SSSR count). The Hall–Kier alpha value is -4.66. The van der Waals surface area contributed by atoms with Crippen LogP contribution in [0.3, 0.4) is 0 Å². The summed E-state index contributed by atoms with van der Waals surface area (Å²) in [6.07, 6.45) is 0. The van der Waals surface area contributed by atoms with Crippen molar-refractivity contribution in [3.05, 3.63) is 107 Å². The van der Waals surface area contributed by atoms with Crippen molar-refractivity contribution in [2.45, 2.75) is 6.92 Å². The number of amidine groups is 3. The predicted molar refractivity (Wildman–Crippen MR) is 128 cm³/mol. The van der Waals surface area contributed by atoms with Gasteiger partial charge in [0.05, 0.1) is 0 Å². The molecule has 0 aliphatic carbocycles. The fraction of sp³-hybridized carbons (Fsp3) is 0.0400. The summed E-state index contributed by atoms with van der Waals surface area (Å²) < 4.78 is 26.9. The predicted octanol–water partition coefficient (Wildman–Crippen LogP) is 4.32. The van der Waals surface area contributed by atoms with Crippen molar-refractivity contribution in [2.24, 2.45) is 30.0 Å². The van der Waals surface area contributed by atoms with E-state index in [9.17, 15) is 8.78 Å². The van der Waals surface area contributed by atoms with Gasteiger partial charge in [-0.15, -0.1) is 0 Å². The van der Waals surface area contributed by atoms with E-state index in [4.69, 9.17) is 0 Å². The molecule has 0 saturated carbocycles. The van der Waals surface area contributed by atoms with Crippen molar-refractivity contribution in [3.8, 4) is 0 Å². The van der Waals surface area contributed by atoms with Crippen molar-refractivity contribution in [3.63, 3.8) is 0 Å². The standard InChI is InChI=1S/C25H15F2N7/c1-14-2-4-15(5-3-14)20-28-23-30-21(16-6-10-18(26)11-7-16)32-25-33-22(31-24(29-20)34(23)25)17-8-12-19(27)13-9-17/h2-13H,1H3. The van der Waals surface area contributed by atoms with Crippen LogP contribution in [-0.2, 0) is 0 Å². The van der Waals surface area contributed by atoms with Gasteiger partial charge < -0.3 is 0 Å². The monoisotopic (exact) mass is 451 g/mol. The first-order valence-corrected chi connectivity index (χ1v) is 10.4. The Bertz CT molecular complexity index is 1310. The molecule has 3 aliphatic rings. The van der Waals surface area contributed by atoms with E-state index in [-0.39, 0.29) is 17.6 Å². The normalized spacial score (nSPS) is 16.5. The van der Waals surface area contributed by atoms with Gasteiger partial charge in [0, 0.05) is 16.7 Å². The summed E-state index contributed by atoms with van der Waals surface area (Å²) in [5.74, 6) is 1.25. The number of nitrogens with zero attached hydrogens (tertiary/aromatic N) is 7. The topological polar surface area (TPSA) is 77.4 Å². The first-order chi connectivity index (χ1) is 16.5. The van der Waals surface area contributed by atoms with Gasteiger partial charge in [0.25, 0.3) is 0 Å². The Balaban J connectivity index is 1.53. The molecule has 3 heterocycles. The molecule has 9 heteroatoms. The molecule has 3 aromatic rings. The fourth-order valence-electron chi connectivity index (χ4n) is 3.57. The van der Waals surface area contributed by atoms with Gasteiger partial charge in [0.2, 0.25) is 17.9 Å². The molecule has 0 N–H and O–H groups in total. The number of halogens is 2. The number of aliphatic imine (C=N–C) groups is 6. The minimum atomic E-state index is -0.359. The lowest BCUT2D eigenvalue weighted by molar-refractivity contribution is 0.627. The second-order valence-corrected chi connectivity index (χ2v) is 7.76. The van der Waals surface area contributed by atoms with E-state index in [1.54, 1.807) is 29.2 Å². The van der Waals surface area contributed by atoms with Gasteiger partial charge >= 0.3 is 0 Å². The zero-order valence-electron chi connectivity index (χ0n) is 17.8. The van der Waals surface area contributed by atoms with E-state index in [1.807, 2.05) is 31.2 Å². The molecular weight excluding hydrogens is 436 g/mol. The average Bonchev–Trinajstić information content (AvgIpc) is 2.85. The average molecular weight is 451 g/mol. The van der Waals surface area contributed by atoms with Crippen LogP contribution in [0.1, 0.15) is 22.3 Å². The lowest BCUT2D eigenvalue weighted by atomic mass is 10.1. The Morgan fingerprint density at radius 2 is 0.794 bits per heavy atom. The SMILES string of the molecule is Cc1ccc(C2=NC3=NC(c4ccc(F)cc4)=NC4=NC(c5ccc(F)cc5)=NC(=N2)N34)cc1. The third-order valence-corrected chi connectivity index (χ3v) is 5.35. The van der Waals surface area contributed by atoms with Crippen LogP contribution in [0.2, 0.25) is 0 Å². The number of benzene rings is 3. The van der Waals surface area contributed by atoms with E-state index < -0.39 is 0 Å². The fourth-order valence-corrected chi connectivity index (χ4v) is 3.57. The van der Waals surface area contributed by atoms with Gasteiger partial charge in [0.15, 0.2) is 17.5 Å². The highest BCUT2D eigenvalue weighted by atomic mass is 19.1. The highest BCUT2D eigenvalue weighted by Gasteiger charge is 2.35. The molecule has 7 nitrogen and oxygen atoms in total. The molecule has 0 amide bonds. The zero-order chi connectivity index (χ0) is 23.2. The first kappa shape index (κ1) is 20.0. The second kappa shape index (κ2) is 7.73. The Morgan fingerprint density at radius 1 is 0.471 bits per heavy atom. The number of hydrogen-bond donors (Lipinski definition) is 0. The Morgan fingerprint density at radius 3 is 1.15 bits per heavy atom. The molecule has 3 aliphatic heterocycles. The molecule has 0 saturated heterocycles. The number of hydrogen-bond acceptors (Lipinski definition) is 7. The molecule has 34 heavy (non-hydrogen) atoms. The molecular formula is C25H15F2N7. The highest BCUT2D eigenvalue weighted by Crippen LogP contribution is 2.23. The molecule has 0 atom stereocenters. The summed E-state index contributed by atoms with van der Waals surface area (Å²) in [6.45, 7) is 2.00. The van der Waals surface area contributed by atoms with E-state index in [0.29, 0.717) is 40.6 Å². The maximum absolute atomic E-state index is 13.5. The van der Waals surface area contributed by atoms with Crippen LogP contribution in [0.5, 0.6) is 0 Å². The smallest absolute Gasteiger partial charge is 0.213 e. The van der Waals surface area contributed by atoms with Crippen molar-refractivity contribution < 1.29 is 8.78 Å². The minimum absolute atomic E-state index is 0.268. The molecule has 0 aromatic heterocycles. The molecule has 0 radical (unpaired) electrons. The third kappa shape index (κ3) is 3.53. The van der Waals surface area contributed by atoms with Crippen LogP contribution >= 0.6 is 0 Å². The van der Waals surface area contributed by atoms with Gasteiger partial charge in [-0.1, -0.05) is 29.8 Å². The molecule has 3 aromatic carbocycles. The van der Waals surface area contributed by atoms with Gasteiger partial charge in [-0.2, -0.15) is 30.0 Å². The van der Waals surface area contributed by atoms with Crippen LogP contribution in [0.25, 0.3) is 0 Å². The summed E-state index contributed by atoms with van der Waals surface area (Å²) in [4.78, 5) is 29.1. The number of guanidine groups is 3. The van der Waals surface area contributed by atoms with Crippen LogP contribution in [0.4, 0.5) is 8.78 Å². The van der Waals surface area contributed by atoms with Gasteiger partial charge in [-0.25, -0.2) is 13.7 Å². The molecule has 0 spiro atoms. The lowest BCUT2D eigenvalue weighted by Gasteiger charge is -2.30. The largest absolute Gasteiger partial charge is 0.243 e. The van der Waals surface area contributed by atoms with E-state index in [0.717, 1.165) is 11.1 Å². The summed E-state index contributed by atoms with van der Waals surface area (Å²) in [7, 11) is 0. The van der Waals surface area contributed by atoms with Gasteiger partial charge in [-0.3, -0.25) is 0 Å². The lowest BCUT2D eigenvalue weighted by Crippen LogP contribution is -2.48. The van der Waals surface area contributed by atoms with Crippen molar-refractivity contribution in [2.75, 3.05) is 0 Å². The van der Waals surface area contributed by atoms with E-state index in [2.05, 4.69) is 30.0 Å². The maximum atomic E-state index is 13.5. The molecule has 0 bridgehead atoms. The summed E-state index contributed by atoms with van der Waals surface area (Å²) in [5.41, 5.74) is 3.13. The Labute approximate surface area is 193 Å². The summed E-state index contributed by atoms with van der Waals surface area (Å²) in [5, 5.41) is 0. The van der Waals surface area contributed by atoms with Crippen LogP contribution in [-0.4, -0.2) is 40.3 Å². The molecule has 164 valence electrons. The van der Waals surface area contributed by atoms with Crippen molar-refractivity contribution in [1.29, 1.82) is 0 Å². The first-order valence-electron chi connectivity index (χ1n) is 10.4. The van der Waals surface area contributed by atoms with Crippen molar-refractivity contribution >= 4 is 35.4 Å². The van der Waals surface area contributed by atoms with E-state index >= 15 is 0 Å². The van der Waals surface area contributed by atoms with Gasteiger partial charge in [-0.05, 0) is 55.5 Å². The zero-order valence-corrected chi connectivity index (χ0v) is 17.8. The van der Waals surface area contributed by atoms with Crippen molar-refractivity contribution in [1.82, 2.24) is 4.90 Å². The molecule has 0 unspecified atom stereocenters. The Kier molecular flexibility index (Phi) is 4.54. The second-order valence-electron chi connectivity index (χ2n) is 7.76. The number of rotatable bonds is 3. The highest BCUT2D eigenvalue weighted by molar-refractivity contribution is 6.34. The van der Waals surface area contributed by atoms with Crippen LogP contribution in [0.15, 0.2) is 103 Å². The maximum Gasteiger partial charge on any atom is 0.243 e. The minimum Gasteiger partial charge on any atom is -0.213 e. The van der Waals surface area contributed by atoms with Crippen LogP contribution in [0, 0.1) is 18.6 Å². The summed E-state index contributed by atoms with van der Waals surface area (Å²) >= 11 is 0. The molecule has 0 fully saturated rings. The number of aryl methyl sites for hydroxylation is 1. The van der Waals surface area contributed by atoms with E-state index in [1.165, 1.54) is 24.3 Å². The summed E-state index contributed by atoms with van der Waals surface area (Å²) in [6, 6.07) is 19.5. The van der Waals surface area contributed by atoms with Crippen LogP contribution < -0.4 is 0 Å². The third-order valence-electron chi connectivity index (χ3n) is 5.35. The van der Waals surface area contributed by atoms with Gasteiger partial charge in [0.1, 0.15) is 11.6 Å².